The highest BCUT2D eigenvalue weighted by Crippen LogP contribution is 2.23. The molecular formula is C8H17N. The van der Waals surface area contributed by atoms with E-state index in [9.17, 15) is 0 Å². The van der Waals surface area contributed by atoms with E-state index in [1.807, 2.05) is 0 Å². The summed E-state index contributed by atoms with van der Waals surface area (Å²) in [6.45, 7) is 9.43. The van der Waals surface area contributed by atoms with Crippen molar-refractivity contribution >= 4 is 0 Å². The Labute approximate surface area is 57.8 Å². The van der Waals surface area contributed by atoms with Gasteiger partial charge < -0.3 is 5.32 Å². The van der Waals surface area contributed by atoms with Gasteiger partial charge in [0, 0.05) is 0 Å². The van der Waals surface area contributed by atoms with E-state index in [2.05, 4.69) is 26.1 Å². The van der Waals surface area contributed by atoms with Gasteiger partial charge in [-0.1, -0.05) is 20.8 Å². The van der Waals surface area contributed by atoms with Crippen LogP contribution in [0.2, 0.25) is 0 Å². The summed E-state index contributed by atoms with van der Waals surface area (Å²) in [4.78, 5) is 0. The zero-order valence-electron chi connectivity index (χ0n) is 6.65. The average Bonchev–Trinajstić information content (AvgIpc) is 2.13. The van der Waals surface area contributed by atoms with Crippen molar-refractivity contribution in [2.75, 3.05) is 13.1 Å². The first-order chi connectivity index (χ1) is 4.22. The minimum absolute atomic E-state index is 0.856. The lowest BCUT2D eigenvalue weighted by Gasteiger charge is -2.17. The molecule has 0 radical (unpaired) electrons. The molecule has 1 heterocycles. The molecule has 54 valence electrons. The molecule has 1 nitrogen and oxygen atoms in total. The van der Waals surface area contributed by atoms with Gasteiger partial charge in [-0.05, 0) is 30.8 Å². The van der Waals surface area contributed by atoms with Gasteiger partial charge in [0.25, 0.3) is 0 Å². The Bertz CT molecular complexity index is 88.6. The molecule has 0 bridgehead atoms. The van der Waals surface area contributed by atoms with Crippen LogP contribution in [0.3, 0.4) is 0 Å². The second-order valence-electron chi connectivity index (χ2n) is 3.54. The summed E-state index contributed by atoms with van der Waals surface area (Å²) in [6.07, 6.45) is 0. The van der Waals surface area contributed by atoms with E-state index in [0.29, 0.717) is 0 Å². The molecule has 1 rings (SSSR count). The molecule has 1 aliphatic rings. The Morgan fingerprint density at radius 3 is 2.22 bits per heavy atom. The third-order valence-electron chi connectivity index (χ3n) is 2.43. The highest BCUT2D eigenvalue weighted by molar-refractivity contribution is 4.79. The lowest BCUT2D eigenvalue weighted by atomic mass is 9.88. The Kier molecular flexibility index (Phi) is 2.12. The highest BCUT2D eigenvalue weighted by Gasteiger charge is 2.24. The first-order valence-electron chi connectivity index (χ1n) is 3.92. The fourth-order valence-electron chi connectivity index (χ4n) is 1.72. The minimum atomic E-state index is 0.856. The van der Waals surface area contributed by atoms with Crippen LogP contribution in [-0.2, 0) is 0 Å². The molecule has 1 saturated heterocycles. The summed E-state index contributed by atoms with van der Waals surface area (Å²) in [6, 6.07) is 0. The molecule has 1 aliphatic heterocycles. The Morgan fingerprint density at radius 1 is 1.33 bits per heavy atom. The first kappa shape index (κ1) is 7.07. The Hall–Kier alpha value is -0.0400. The van der Waals surface area contributed by atoms with Crippen molar-refractivity contribution < 1.29 is 0 Å². The van der Waals surface area contributed by atoms with E-state index >= 15 is 0 Å². The molecular weight excluding hydrogens is 110 g/mol. The van der Waals surface area contributed by atoms with Crippen LogP contribution in [0.1, 0.15) is 20.8 Å². The van der Waals surface area contributed by atoms with Crippen LogP contribution < -0.4 is 5.32 Å². The summed E-state index contributed by atoms with van der Waals surface area (Å²) >= 11 is 0. The van der Waals surface area contributed by atoms with Crippen LogP contribution >= 0.6 is 0 Å². The maximum atomic E-state index is 3.40. The third-order valence-corrected chi connectivity index (χ3v) is 2.43. The van der Waals surface area contributed by atoms with Crippen molar-refractivity contribution in [2.24, 2.45) is 17.8 Å². The molecule has 1 fully saturated rings. The third kappa shape index (κ3) is 1.45. The van der Waals surface area contributed by atoms with E-state index in [1.165, 1.54) is 13.1 Å². The van der Waals surface area contributed by atoms with E-state index < -0.39 is 0 Å². The summed E-state index contributed by atoms with van der Waals surface area (Å²) in [5.41, 5.74) is 0. The van der Waals surface area contributed by atoms with Gasteiger partial charge >= 0.3 is 0 Å². The van der Waals surface area contributed by atoms with Gasteiger partial charge in [-0.2, -0.15) is 0 Å². The summed E-state index contributed by atoms with van der Waals surface area (Å²) in [5.74, 6) is 2.67. The van der Waals surface area contributed by atoms with E-state index in [-0.39, 0.29) is 0 Å². The van der Waals surface area contributed by atoms with Crippen LogP contribution in [-0.4, -0.2) is 13.1 Å². The monoisotopic (exact) mass is 127 g/mol. The number of rotatable bonds is 1. The van der Waals surface area contributed by atoms with Crippen LogP contribution in [0.5, 0.6) is 0 Å². The quantitative estimate of drug-likeness (QED) is 0.563. The predicted molar refractivity (Wildman–Crippen MR) is 40.4 cm³/mol. The summed E-state index contributed by atoms with van der Waals surface area (Å²) < 4.78 is 0. The lowest BCUT2D eigenvalue weighted by Crippen LogP contribution is -2.15. The minimum Gasteiger partial charge on any atom is -0.316 e. The Balaban J connectivity index is 2.40. The maximum Gasteiger partial charge on any atom is -0.00149 e. The van der Waals surface area contributed by atoms with Crippen molar-refractivity contribution in [3.63, 3.8) is 0 Å². The molecule has 2 atom stereocenters. The van der Waals surface area contributed by atoms with Crippen LogP contribution in [0.25, 0.3) is 0 Å². The fraction of sp³-hybridized carbons (Fsp3) is 1.00. The van der Waals surface area contributed by atoms with Crippen LogP contribution in [0.4, 0.5) is 0 Å². The maximum absolute atomic E-state index is 3.40. The van der Waals surface area contributed by atoms with Crippen molar-refractivity contribution in [2.45, 2.75) is 20.8 Å². The molecule has 0 amide bonds. The van der Waals surface area contributed by atoms with Gasteiger partial charge in [0.2, 0.25) is 0 Å². The zero-order chi connectivity index (χ0) is 6.85. The normalized spacial score (nSPS) is 36.0. The number of hydrogen-bond acceptors (Lipinski definition) is 1. The molecule has 0 aliphatic carbocycles. The predicted octanol–water partition coefficient (Wildman–Crippen LogP) is 1.50. The molecule has 0 aromatic heterocycles. The second-order valence-corrected chi connectivity index (χ2v) is 3.54. The lowest BCUT2D eigenvalue weighted by molar-refractivity contribution is 0.339. The molecule has 0 aromatic rings. The van der Waals surface area contributed by atoms with Gasteiger partial charge in [0.1, 0.15) is 0 Å². The average molecular weight is 127 g/mol. The zero-order valence-corrected chi connectivity index (χ0v) is 6.65. The van der Waals surface area contributed by atoms with Crippen LogP contribution in [0, 0.1) is 17.8 Å². The largest absolute Gasteiger partial charge is 0.316 e. The van der Waals surface area contributed by atoms with E-state index in [0.717, 1.165) is 17.8 Å². The molecule has 1 N–H and O–H groups in total. The summed E-state index contributed by atoms with van der Waals surface area (Å²) in [5, 5.41) is 3.40. The number of nitrogens with one attached hydrogen (secondary N) is 1. The van der Waals surface area contributed by atoms with Gasteiger partial charge in [0.05, 0.1) is 0 Å². The molecule has 9 heavy (non-hydrogen) atoms. The van der Waals surface area contributed by atoms with Crippen molar-refractivity contribution in [1.82, 2.24) is 5.32 Å². The van der Waals surface area contributed by atoms with Gasteiger partial charge in [0.15, 0.2) is 0 Å². The van der Waals surface area contributed by atoms with E-state index in [4.69, 9.17) is 0 Å². The topological polar surface area (TPSA) is 12.0 Å². The van der Waals surface area contributed by atoms with Crippen molar-refractivity contribution in [1.29, 1.82) is 0 Å². The number of hydrogen-bond donors (Lipinski definition) is 1. The van der Waals surface area contributed by atoms with E-state index in [1.54, 1.807) is 0 Å². The molecule has 1 heteroatoms. The molecule has 0 unspecified atom stereocenters. The van der Waals surface area contributed by atoms with Gasteiger partial charge in [-0.3, -0.25) is 0 Å². The van der Waals surface area contributed by atoms with Crippen molar-refractivity contribution in [3.8, 4) is 0 Å². The molecule has 0 spiro atoms. The fourth-order valence-corrected chi connectivity index (χ4v) is 1.72. The van der Waals surface area contributed by atoms with Crippen LogP contribution in [0.15, 0.2) is 0 Å². The smallest absolute Gasteiger partial charge is 0.00149 e. The first-order valence-corrected chi connectivity index (χ1v) is 3.92. The standard InChI is InChI=1S/C8H17N/c1-6(2)8-5-9-4-7(8)3/h6-9H,4-5H2,1-3H3/t7-,8+/m0/s1. The van der Waals surface area contributed by atoms with Crippen molar-refractivity contribution in [3.05, 3.63) is 0 Å². The highest BCUT2D eigenvalue weighted by atomic mass is 14.9. The summed E-state index contributed by atoms with van der Waals surface area (Å²) in [7, 11) is 0. The Morgan fingerprint density at radius 2 is 2.00 bits per heavy atom. The second kappa shape index (κ2) is 2.70. The van der Waals surface area contributed by atoms with Gasteiger partial charge in [-0.25, -0.2) is 0 Å². The SMILES string of the molecule is CC(C)[C@H]1CNC[C@@H]1C. The molecule has 0 saturated carbocycles. The van der Waals surface area contributed by atoms with Gasteiger partial charge in [-0.15, -0.1) is 0 Å². The molecule has 0 aromatic carbocycles.